The normalized spacial score (nSPS) is 12.5. The largest absolute Gasteiger partial charge is 0.213 e. The third-order valence-corrected chi connectivity index (χ3v) is 3.53. The lowest BCUT2D eigenvalue weighted by molar-refractivity contribution is -0.670. The summed E-state index contributed by atoms with van der Waals surface area (Å²) in [5, 5.41) is 2.62. The van der Waals surface area contributed by atoms with Gasteiger partial charge in [0.15, 0.2) is 12.7 Å². The van der Waals surface area contributed by atoms with Crippen LogP contribution in [0.1, 0.15) is 5.56 Å². The number of rotatable bonds is 0. The number of pyridine rings is 1. The van der Waals surface area contributed by atoms with E-state index in [9.17, 15) is 0 Å². The van der Waals surface area contributed by atoms with E-state index in [4.69, 9.17) is 0 Å². The van der Waals surface area contributed by atoms with Gasteiger partial charge in [0, 0.05) is 17.0 Å². The Morgan fingerprint density at radius 1 is 0.824 bits per heavy atom. The molecule has 0 spiro atoms. The quantitative estimate of drug-likeness (QED) is 0.399. The van der Waals surface area contributed by atoms with E-state index in [-0.39, 0.29) is 0 Å². The van der Waals surface area contributed by atoms with Gasteiger partial charge in [-0.3, -0.25) is 0 Å². The van der Waals surface area contributed by atoms with Gasteiger partial charge >= 0.3 is 0 Å². The van der Waals surface area contributed by atoms with Crippen LogP contribution in [-0.2, 0) is 6.54 Å². The Labute approximate surface area is 100.0 Å². The summed E-state index contributed by atoms with van der Waals surface area (Å²) in [4.78, 5) is 0. The molecule has 0 atom stereocenters. The summed E-state index contributed by atoms with van der Waals surface area (Å²) in [6, 6.07) is 19.5. The molecule has 3 aromatic rings. The van der Waals surface area contributed by atoms with Crippen molar-refractivity contribution >= 4 is 10.8 Å². The monoisotopic (exact) mass is 218 g/mol. The zero-order valence-electron chi connectivity index (χ0n) is 9.43. The summed E-state index contributed by atoms with van der Waals surface area (Å²) in [5.41, 5.74) is 4.13. The highest BCUT2D eigenvalue weighted by molar-refractivity contribution is 5.84. The summed E-state index contributed by atoms with van der Waals surface area (Å²) >= 11 is 0. The maximum absolute atomic E-state index is 2.34. The molecule has 1 aromatic heterocycles. The first-order valence-corrected chi connectivity index (χ1v) is 5.92. The predicted molar refractivity (Wildman–Crippen MR) is 68.7 cm³/mol. The second-order valence-electron chi connectivity index (χ2n) is 4.57. The molecule has 1 aliphatic rings. The van der Waals surface area contributed by atoms with Gasteiger partial charge in [-0.1, -0.05) is 36.4 Å². The van der Waals surface area contributed by atoms with Crippen molar-refractivity contribution in [2.24, 2.45) is 0 Å². The molecule has 1 nitrogen and oxygen atoms in total. The van der Waals surface area contributed by atoms with E-state index in [1.54, 1.807) is 0 Å². The molecule has 2 aromatic carbocycles. The van der Waals surface area contributed by atoms with E-state index < -0.39 is 0 Å². The van der Waals surface area contributed by atoms with Crippen molar-refractivity contribution in [3.63, 3.8) is 0 Å². The average molecular weight is 218 g/mol. The third-order valence-electron chi connectivity index (χ3n) is 3.53. The smallest absolute Gasteiger partial charge is 0.193 e. The molecule has 0 N–H and O–H groups in total. The lowest BCUT2D eigenvalue weighted by Crippen LogP contribution is -2.31. The van der Waals surface area contributed by atoms with Gasteiger partial charge in [0.2, 0.25) is 5.69 Å². The summed E-state index contributed by atoms with van der Waals surface area (Å²) in [5.74, 6) is 0. The lowest BCUT2D eigenvalue weighted by atomic mass is 10.1. The van der Waals surface area contributed by atoms with Crippen LogP contribution in [0.25, 0.3) is 22.0 Å². The van der Waals surface area contributed by atoms with Crippen molar-refractivity contribution in [1.29, 1.82) is 0 Å². The molecule has 0 saturated carbocycles. The van der Waals surface area contributed by atoms with Crippen LogP contribution in [-0.4, -0.2) is 0 Å². The maximum Gasteiger partial charge on any atom is 0.213 e. The molecule has 17 heavy (non-hydrogen) atoms. The fourth-order valence-electron chi connectivity index (χ4n) is 2.68. The Bertz CT molecular complexity index is 728. The van der Waals surface area contributed by atoms with Gasteiger partial charge in [-0.2, -0.15) is 4.57 Å². The van der Waals surface area contributed by atoms with Crippen molar-refractivity contribution in [2.75, 3.05) is 0 Å². The van der Waals surface area contributed by atoms with Crippen LogP contribution < -0.4 is 4.57 Å². The Kier molecular flexibility index (Phi) is 1.67. The Hall–Kier alpha value is -2.15. The number of benzene rings is 2. The Morgan fingerprint density at radius 2 is 1.59 bits per heavy atom. The van der Waals surface area contributed by atoms with E-state index in [1.807, 2.05) is 0 Å². The third kappa shape index (κ3) is 1.22. The second-order valence-corrected chi connectivity index (χ2v) is 4.57. The fraction of sp³-hybridized carbons (Fsp3) is 0.0625. The van der Waals surface area contributed by atoms with E-state index >= 15 is 0 Å². The van der Waals surface area contributed by atoms with Crippen LogP contribution in [0.2, 0.25) is 0 Å². The molecule has 0 radical (unpaired) electrons. The minimum atomic E-state index is 0.996. The summed E-state index contributed by atoms with van der Waals surface area (Å²) in [7, 11) is 0. The Balaban J connectivity index is 2.07. The zero-order valence-corrected chi connectivity index (χ0v) is 9.43. The highest BCUT2D eigenvalue weighted by Gasteiger charge is 2.25. The van der Waals surface area contributed by atoms with Gasteiger partial charge in [-0.25, -0.2) is 0 Å². The standard InChI is InChI=1S/C16H12N/c1-2-6-13-10-17-11-14-7-3-4-8-15(14)16(17)9-12(13)5-1/h1-10H,11H2/q+1. The molecule has 0 fully saturated rings. The molecule has 80 valence electrons. The predicted octanol–water partition coefficient (Wildman–Crippen LogP) is 3.16. The van der Waals surface area contributed by atoms with Gasteiger partial charge in [0.25, 0.3) is 0 Å². The average Bonchev–Trinajstić information content (AvgIpc) is 2.73. The number of hydrogen-bond acceptors (Lipinski definition) is 0. The minimum absolute atomic E-state index is 0.996. The van der Waals surface area contributed by atoms with Crippen molar-refractivity contribution in [3.05, 3.63) is 66.4 Å². The first-order valence-electron chi connectivity index (χ1n) is 5.92. The molecule has 0 amide bonds. The first-order chi connectivity index (χ1) is 8.42. The van der Waals surface area contributed by atoms with Crippen molar-refractivity contribution in [1.82, 2.24) is 0 Å². The minimum Gasteiger partial charge on any atom is -0.193 e. The highest BCUT2D eigenvalue weighted by Crippen LogP contribution is 2.28. The fourth-order valence-corrected chi connectivity index (χ4v) is 2.68. The molecule has 1 aliphatic heterocycles. The van der Waals surface area contributed by atoms with Crippen molar-refractivity contribution in [3.8, 4) is 11.3 Å². The molecule has 1 heteroatoms. The topological polar surface area (TPSA) is 3.88 Å². The molecule has 0 bridgehead atoms. The summed E-state index contributed by atoms with van der Waals surface area (Å²) in [6.07, 6.45) is 2.25. The zero-order chi connectivity index (χ0) is 11.2. The van der Waals surface area contributed by atoms with Gasteiger partial charge < -0.3 is 0 Å². The van der Waals surface area contributed by atoms with E-state index in [0.29, 0.717) is 0 Å². The van der Waals surface area contributed by atoms with E-state index in [2.05, 4.69) is 65.4 Å². The van der Waals surface area contributed by atoms with Crippen LogP contribution in [0, 0.1) is 0 Å². The van der Waals surface area contributed by atoms with Crippen LogP contribution in [0.15, 0.2) is 60.8 Å². The second kappa shape index (κ2) is 3.17. The lowest BCUT2D eigenvalue weighted by Gasteiger charge is -1.98. The number of fused-ring (bicyclic) bond motifs is 4. The first kappa shape index (κ1) is 8.94. The van der Waals surface area contributed by atoms with E-state index in [0.717, 1.165) is 6.54 Å². The summed E-state index contributed by atoms with van der Waals surface area (Å²) in [6.45, 7) is 0.996. The van der Waals surface area contributed by atoms with Crippen LogP contribution in [0.5, 0.6) is 0 Å². The van der Waals surface area contributed by atoms with Crippen molar-refractivity contribution in [2.45, 2.75) is 6.54 Å². The van der Waals surface area contributed by atoms with Gasteiger partial charge in [-0.15, -0.1) is 0 Å². The molecule has 0 unspecified atom stereocenters. The number of aromatic nitrogens is 1. The van der Waals surface area contributed by atoms with Gasteiger partial charge in [-0.05, 0) is 17.5 Å². The number of nitrogens with zero attached hydrogens (tertiary/aromatic N) is 1. The molecule has 0 aliphatic carbocycles. The van der Waals surface area contributed by atoms with Crippen LogP contribution in [0.4, 0.5) is 0 Å². The summed E-state index contributed by atoms with van der Waals surface area (Å²) < 4.78 is 2.34. The van der Waals surface area contributed by atoms with Crippen molar-refractivity contribution < 1.29 is 4.57 Å². The number of hydrogen-bond donors (Lipinski definition) is 0. The molecule has 0 saturated heterocycles. The van der Waals surface area contributed by atoms with E-state index in [1.165, 1.54) is 27.6 Å². The van der Waals surface area contributed by atoms with Crippen LogP contribution in [0.3, 0.4) is 0 Å². The van der Waals surface area contributed by atoms with Crippen LogP contribution >= 0.6 is 0 Å². The molecule has 4 rings (SSSR count). The SMILES string of the molecule is c1ccc2c(c1)C[n+]1cc3ccccc3cc1-2. The molecular formula is C16H12N+. The highest BCUT2D eigenvalue weighted by atomic mass is 15.0. The molecule has 2 heterocycles. The maximum atomic E-state index is 2.34. The molecular weight excluding hydrogens is 206 g/mol. The van der Waals surface area contributed by atoms with Gasteiger partial charge in [0.05, 0.1) is 5.56 Å². The van der Waals surface area contributed by atoms with Gasteiger partial charge in [0.1, 0.15) is 0 Å². The Morgan fingerprint density at radius 3 is 2.53 bits per heavy atom.